The van der Waals surface area contributed by atoms with Crippen molar-refractivity contribution in [2.75, 3.05) is 0 Å². The maximum Gasteiger partial charge on any atom is 0.0665 e. The Labute approximate surface area is 142 Å². The second-order valence-corrected chi connectivity index (χ2v) is 6.81. The van der Waals surface area contributed by atoms with Crippen LogP contribution in [0, 0.1) is 11.8 Å². The van der Waals surface area contributed by atoms with Gasteiger partial charge in [0.2, 0.25) is 0 Å². The maximum atomic E-state index is 5.12. The number of nitrogens with zero attached hydrogens (tertiary/aromatic N) is 1. The molecule has 24 heavy (non-hydrogen) atoms. The molecule has 0 amide bonds. The Balaban J connectivity index is 1.76. The summed E-state index contributed by atoms with van der Waals surface area (Å²) in [6.45, 7) is 0. The summed E-state index contributed by atoms with van der Waals surface area (Å²) >= 11 is 0. The van der Waals surface area contributed by atoms with E-state index in [-0.39, 0.29) is 0 Å². The van der Waals surface area contributed by atoms with E-state index in [0.717, 1.165) is 12.1 Å². The standard InChI is InChI=1S/C23H19N/c1-2-8-16(9-3-1)22-20-12-6-4-10-17(20)14-19-15-18-11-5-7-13-21(18)24-23(19)22/h1-13,17,19H,14-15H2. The van der Waals surface area contributed by atoms with Crippen LogP contribution in [0.1, 0.15) is 17.5 Å². The molecule has 1 heteroatoms. The lowest BCUT2D eigenvalue weighted by Gasteiger charge is -2.36. The topological polar surface area (TPSA) is 12.4 Å². The van der Waals surface area contributed by atoms with E-state index in [9.17, 15) is 0 Å². The molecule has 1 nitrogen and oxygen atoms in total. The highest BCUT2D eigenvalue weighted by molar-refractivity contribution is 6.28. The Morgan fingerprint density at radius 2 is 1.71 bits per heavy atom. The molecule has 0 aromatic heterocycles. The average molecular weight is 309 g/mol. The van der Waals surface area contributed by atoms with E-state index in [0.29, 0.717) is 11.8 Å². The molecule has 5 rings (SSSR count). The molecule has 2 aromatic carbocycles. The molecule has 2 unspecified atom stereocenters. The van der Waals surface area contributed by atoms with Gasteiger partial charge in [-0.3, -0.25) is 4.99 Å². The summed E-state index contributed by atoms with van der Waals surface area (Å²) in [7, 11) is 0. The molecule has 0 saturated carbocycles. The largest absolute Gasteiger partial charge is 0.252 e. The third-order valence-corrected chi connectivity index (χ3v) is 5.36. The highest BCUT2D eigenvalue weighted by Gasteiger charge is 2.35. The zero-order valence-electron chi connectivity index (χ0n) is 13.5. The molecule has 2 aromatic rings. The highest BCUT2D eigenvalue weighted by atomic mass is 14.8. The zero-order valence-corrected chi connectivity index (χ0v) is 13.5. The van der Waals surface area contributed by atoms with Crippen molar-refractivity contribution in [3.63, 3.8) is 0 Å². The van der Waals surface area contributed by atoms with Crippen molar-refractivity contribution in [2.24, 2.45) is 16.8 Å². The first-order valence-electron chi connectivity index (χ1n) is 8.71. The summed E-state index contributed by atoms with van der Waals surface area (Å²) in [5.41, 5.74) is 7.89. The number of fused-ring (bicyclic) bond motifs is 3. The lowest BCUT2D eigenvalue weighted by Crippen LogP contribution is -2.30. The van der Waals surface area contributed by atoms with Crippen LogP contribution in [-0.2, 0) is 6.42 Å². The first-order valence-corrected chi connectivity index (χ1v) is 8.71. The monoisotopic (exact) mass is 309 g/mol. The van der Waals surface area contributed by atoms with E-state index in [4.69, 9.17) is 4.99 Å². The minimum Gasteiger partial charge on any atom is -0.252 e. The molecule has 0 fully saturated rings. The Bertz CT molecular complexity index is 912. The van der Waals surface area contributed by atoms with Crippen molar-refractivity contribution in [3.8, 4) is 0 Å². The van der Waals surface area contributed by atoms with Gasteiger partial charge < -0.3 is 0 Å². The molecule has 0 saturated heterocycles. The predicted octanol–water partition coefficient (Wildman–Crippen LogP) is 5.53. The van der Waals surface area contributed by atoms with Crippen LogP contribution in [0.25, 0.3) is 5.57 Å². The lowest BCUT2D eigenvalue weighted by atomic mass is 9.69. The quantitative estimate of drug-likeness (QED) is 0.656. The van der Waals surface area contributed by atoms with Crippen LogP contribution in [-0.4, -0.2) is 5.71 Å². The summed E-state index contributed by atoms with van der Waals surface area (Å²) < 4.78 is 0. The number of hydrogen-bond acceptors (Lipinski definition) is 1. The predicted molar refractivity (Wildman–Crippen MR) is 100 cm³/mol. The maximum absolute atomic E-state index is 5.12. The molecule has 0 radical (unpaired) electrons. The van der Waals surface area contributed by atoms with Gasteiger partial charge in [0, 0.05) is 17.4 Å². The summed E-state index contributed by atoms with van der Waals surface area (Å²) in [5.74, 6) is 1.03. The van der Waals surface area contributed by atoms with Crippen molar-refractivity contribution < 1.29 is 0 Å². The summed E-state index contributed by atoms with van der Waals surface area (Å²) in [6.07, 6.45) is 11.3. The molecule has 2 atom stereocenters. The third-order valence-electron chi connectivity index (χ3n) is 5.36. The van der Waals surface area contributed by atoms with E-state index in [1.54, 1.807) is 0 Å². The van der Waals surface area contributed by atoms with Crippen LogP contribution >= 0.6 is 0 Å². The van der Waals surface area contributed by atoms with Gasteiger partial charge >= 0.3 is 0 Å². The second kappa shape index (κ2) is 5.45. The Morgan fingerprint density at radius 3 is 2.62 bits per heavy atom. The van der Waals surface area contributed by atoms with E-state index in [2.05, 4.69) is 78.9 Å². The van der Waals surface area contributed by atoms with Crippen LogP contribution in [0.2, 0.25) is 0 Å². The molecule has 0 spiro atoms. The minimum absolute atomic E-state index is 0.513. The summed E-state index contributed by atoms with van der Waals surface area (Å²) in [5, 5.41) is 0. The Hall–Kier alpha value is -2.67. The van der Waals surface area contributed by atoms with Gasteiger partial charge in [-0.2, -0.15) is 0 Å². The fourth-order valence-electron chi connectivity index (χ4n) is 4.26. The van der Waals surface area contributed by atoms with E-state index >= 15 is 0 Å². The van der Waals surface area contributed by atoms with Crippen LogP contribution in [0.4, 0.5) is 5.69 Å². The Kier molecular flexibility index (Phi) is 3.12. The molecular formula is C23H19N. The number of benzene rings is 2. The van der Waals surface area contributed by atoms with Gasteiger partial charge in [0.05, 0.1) is 11.4 Å². The van der Waals surface area contributed by atoms with Gasteiger partial charge in [-0.05, 0) is 35.6 Å². The molecule has 1 heterocycles. The number of hydrogen-bond donors (Lipinski definition) is 0. The van der Waals surface area contributed by atoms with Crippen molar-refractivity contribution in [1.82, 2.24) is 0 Å². The van der Waals surface area contributed by atoms with Crippen molar-refractivity contribution in [1.29, 1.82) is 0 Å². The number of allylic oxidation sites excluding steroid dienone is 6. The van der Waals surface area contributed by atoms with Crippen LogP contribution < -0.4 is 0 Å². The van der Waals surface area contributed by atoms with Gasteiger partial charge in [0.25, 0.3) is 0 Å². The zero-order chi connectivity index (χ0) is 15.9. The summed E-state index contributed by atoms with van der Waals surface area (Å²) in [6, 6.07) is 19.4. The molecule has 0 N–H and O–H groups in total. The van der Waals surface area contributed by atoms with Gasteiger partial charge in [-0.1, -0.05) is 72.8 Å². The number of rotatable bonds is 1. The molecule has 1 aliphatic heterocycles. The number of para-hydroxylation sites is 1. The van der Waals surface area contributed by atoms with E-state index < -0.39 is 0 Å². The van der Waals surface area contributed by atoms with Gasteiger partial charge in [-0.15, -0.1) is 0 Å². The van der Waals surface area contributed by atoms with E-state index in [1.807, 2.05) is 0 Å². The molecular weight excluding hydrogens is 290 g/mol. The fraction of sp³-hybridized carbons (Fsp3) is 0.174. The molecule has 116 valence electrons. The first kappa shape index (κ1) is 13.7. The van der Waals surface area contributed by atoms with Gasteiger partial charge in [0.15, 0.2) is 0 Å². The van der Waals surface area contributed by atoms with Crippen molar-refractivity contribution in [2.45, 2.75) is 12.8 Å². The average Bonchev–Trinajstić information content (AvgIpc) is 2.65. The first-order chi connectivity index (χ1) is 11.9. The highest BCUT2D eigenvalue weighted by Crippen LogP contribution is 2.44. The van der Waals surface area contributed by atoms with Crippen molar-refractivity contribution >= 4 is 17.0 Å². The van der Waals surface area contributed by atoms with E-state index in [1.165, 1.54) is 34.4 Å². The second-order valence-electron chi connectivity index (χ2n) is 6.81. The summed E-state index contributed by atoms with van der Waals surface area (Å²) in [4.78, 5) is 5.12. The normalized spacial score (nSPS) is 24.1. The van der Waals surface area contributed by atoms with Crippen molar-refractivity contribution in [3.05, 3.63) is 95.6 Å². The SMILES string of the molecule is C1=CC2=C(c3ccccc3)C3=Nc4ccccc4CC3CC2C=C1. The number of aliphatic imine (C=N–C) groups is 1. The fourth-order valence-corrected chi connectivity index (χ4v) is 4.26. The Morgan fingerprint density at radius 1 is 0.875 bits per heavy atom. The molecule has 2 aliphatic carbocycles. The molecule has 0 bridgehead atoms. The van der Waals surface area contributed by atoms with Crippen LogP contribution in [0.5, 0.6) is 0 Å². The van der Waals surface area contributed by atoms with Gasteiger partial charge in [0.1, 0.15) is 0 Å². The molecule has 3 aliphatic rings. The minimum atomic E-state index is 0.513. The lowest BCUT2D eigenvalue weighted by molar-refractivity contribution is 0.539. The van der Waals surface area contributed by atoms with Crippen LogP contribution in [0.15, 0.2) is 89.5 Å². The smallest absolute Gasteiger partial charge is 0.0665 e. The van der Waals surface area contributed by atoms with Gasteiger partial charge in [-0.25, -0.2) is 0 Å². The third kappa shape index (κ3) is 2.12. The van der Waals surface area contributed by atoms with Crippen LogP contribution in [0.3, 0.4) is 0 Å².